The van der Waals surface area contributed by atoms with Crippen LogP contribution in [0.3, 0.4) is 0 Å². The van der Waals surface area contributed by atoms with Crippen molar-refractivity contribution < 1.29 is 0 Å². The first-order chi connectivity index (χ1) is 7.16. The molecule has 1 aromatic heterocycles. The van der Waals surface area contributed by atoms with E-state index < -0.39 is 0 Å². The van der Waals surface area contributed by atoms with Crippen LogP contribution >= 0.6 is 12.6 Å². The molecule has 1 N–H and O–H groups in total. The number of thiol groups is 1. The second-order valence-corrected chi connectivity index (χ2v) is 4.61. The fraction of sp³-hybridized carbons (Fsp3) is 0.333. The Hall–Kier alpha value is -0.930. The molecular weight excluding hydrogens is 204 g/mol. The summed E-state index contributed by atoms with van der Waals surface area (Å²) in [7, 11) is 4.19. The normalized spacial score (nSPS) is 11.5. The molecule has 0 spiro atoms. The molecule has 3 heteroatoms. The molecule has 0 amide bonds. The molecule has 0 saturated heterocycles. The van der Waals surface area contributed by atoms with E-state index in [4.69, 9.17) is 0 Å². The lowest BCUT2D eigenvalue weighted by Gasteiger charge is -2.08. The Kier molecular flexibility index (Phi) is 3.03. The van der Waals surface area contributed by atoms with Crippen LogP contribution in [-0.4, -0.2) is 30.5 Å². The van der Waals surface area contributed by atoms with E-state index in [1.807, 2.05) is 6.07 Å². The highest BCUT2D eigenvalue weighted by molar-refractivity contribution is 7.80. The number of fused-ring (bicyclic) bond motifs is 1. The first-order valence-electron chi connectivity index (χ1n) is 5.10. The van der Waals surface area contributed by atoms with Crippen molar-refractivity contribution in [1.29, 1.82) is 0 Å². The second kappa shape index (κ2) is 4.29. The van der Waals surface area contributed by atoms with E-state index in [0.717, 1.165) is 17.9 Å². The average molecular weight is 220 g/mol. The summed E-state index contributed by atoms with van der Waals surface area (Å²) in [6.45, 7) is 1.07. The van der Waals surface area contributed by atoms with Gasteiger partial charge in [0.05, 0.1) is 0 Å². The van der Waals surface area contributed by atoms with Crippen LogP contribution in [-0.2, 0) is 6.42 Å². The fourth-order valence-corrected chi connectivity index (χ4v) is 1.92. The van der Waals surface area contributed by atoms with Gasteiger partial charge in [0.25, 0.3) is 0 Å². The lowest BCUT2D eigenvalue weighted by atomic mass is 10.1. The van der Waals surface area contributed by atoms with E-state index in [0.29, 0.717) is 0 Å². The molecule has 0 aliphatic rings. The van der Waals surface area contributed by atoms with Gasteiger partial charge in [-0.05, 0) is 44.3 Å². The van der Waals surface area contributed by atoms with Crippen LogP contribution in [0, 0.1) is 0 Å². The van der Waals surface area contributed by atoms with E-state index in [1.54, 1.807) is 0 Å². The zero-order valence-electron chi connectivity index (χ0n) is 9.12. The van der Waals surface area contributed by atoms with Crippen molar-refractivity contribution in [3.05, 3.63) is 30.0 Å². The van der Waals surface area contributed by atoms with Crippen LogP contribution in [0.4, 0.5) is 0 Å². The van der Waals surface area contributed by atoms with Gasteiger partial charge in [0.1, 0.15) is 0 Å². The first kappa shape index (κ1) is 10.6. The Labute approximate surface area is 95.7 Å². The van der Waals surface area contributed by atoms with Crippen LogP contribution in [0.25, 0.3) is 10.9 Å². The van der Waals surface area contributed by atoms with Crippen LogP contribution in [0.2, 0.25) is 0 Å². The molecule has 80 valence electrons. The lowest BCUT2D eigenvalue weighted by molar-refractivity contribution is 0.414. The molecule has 2 nitrogen and oxygen atoms in total. The van der Waals surface area contributed by atoms with Crippen molar-refractivity contribution in [3.8, 4) is 0 Å². The zero-order valence-corrected chi connectivity index (χ0v) is 10.0. The molecule has 0 atom stereocenters. The van der Waals surface area contributed by atoms with Gasteiger partial charge in [-0.15, -0.1) is 12.6 Å². The van der Waals surface area contributed by atoms with Crippen molar-refractivity contribution in [3.63, 3.8) is 0 Å². The lowest BCUT2D eigenvalue weighted by Crippen LogP contribution is -2.14. The SMILES string of the molecule is CN(C)CCc1c[nH]c2ccc(S)cc12. The van der Waals surface area contributed by atoms with E-state index >= 15 is 0 Å². The maximum atomic E-state index is 4.37. The third kappa shape index (κ3) is 2.36. The molecule has 0 radical (unpaired) electrons. The summed E-state index contributed by atoms with van der Waals surface area (Å²) >= 11 is 4.37. The highest BCUT2D eigenvalue weighted by Crippen LogP contribution is 2.21. The maximum Gasteiger partial charge on any atom is 0.0457 e. The number of aromatic nitrogens is 1. The zero-order chi connectivity index (χ0) is 10.8. The first-order valence-corrected chi connectivity index (χ1v) is 5.55. The molecule has 1 heterocycles. The summed E-state index contributed by atoms with van der Waals surface area (Å²) in [5.41, 5.74) is 2.57. The van der Waals surface area contributed by atoms with Gasteiger partial charge in [0, 0.05) is 28.5 Å². The van der Waals surface area contributed by atoms with Crippen molar-refractivity contribution in [2.75, 3.05) is 20.6 Å². The number of hydrogen-bond donors (Lipinski definition) is 2. The van der Waals surface area contributed by atoms with E-state index in [1.165, 1.54) is 16.5 Å². The quantitative estimate of drug-likeness (QED) is 0.761. The Morgan fingerprint density at radius 2 is 2.13 bits per heavy atom. The van der Waals surface area contributed by atoms with Gasteiger partial charge >= 0.3 is 0 Å². The number of rotatable bonds is 3. The predicted octanol–water partition coefficient (Wildman–Crippen LogP) is 2.56. The van der Waals surface area contributed by atoms with E-state index in [-0.39, 0.29) is 0 Å². The van der Waals surface area contributed by atoms with Crippen molar-refractivity contribution in [1.82, 2.24) is 9.88 Å². The van der Waals surface area contributed by atoms with Gasteiger partial charge < -0.3 is 9.88 Å². The predicted molar refractivity (Wildman–Crippen MR) is 67.8 cm³/mol. The topological polar surface area (TPSA) is 19.0 Å². The van der Waals surface area contributed by atoms with E-state index in [2.05, 4.69) is 54.9 Å². The second-order valence-electron chi connectivity index (χ2n) is 4.10. The Morgan fingerprint density at radius 3 is 2.87 bits per heavy atom. The molecule has 0 saturated carbocycles. The average Bonchev–Trinajstić information content (AvgIpc) is 2.57. The summed E-state index contributed by atoms with van der Waals surface area (Å²) in [6.07, 6.45) is 3.17. The van der Waals surface area contributed by atoms with Crippen LogP contribution in [0.1, 0.15) is 5.56 Å². The number of aromatic amines is 1. The number of benzene rings is 1. The Balaban J connectivity index is 2.31. The van der Waals surface area contributed by atoms with Crippen LogP contribution < -0.4 is 0 Å². The minimum Gasteiger partial charge on any atom is -0.361 e. The molecule has 0 aliphatic heterocycles. The van der Waals surface area contributed by atoms with Crippen molar-refractivity contribution >= 4 is 23.5 Å². The standard InChI is InChI=1S/C12H16N2S/c1-14(2)6-5-9-8-13-12-4-3-10(15)7-11(9)12/h3-4,7-8,13,15H,5-6H2,1-2H3. The van der Waals surface area contributed by atoms with Gasteiger partial charge in [-0.2, -0.15) is 0 Å². The van der Waals surface area contributed by atoms with Crippen LogP contribution in [0.15, 0.2) is 29.3 Å². The molecule has 1 aromatic carbocycles. The van der Waals surface area contributed by atoms with Crippen LogP contribution in [0.5, 0.6) is 0 Å². The number of nitrogens with zero attached hydrogens (tertiary/aromatic N) is 1. The van der Waals surface area contributed by atoms with Crippen molar-refractivity contribution in [2.24, 2.45) is 0 Å². The molecule has 2 rings (SSSR count). The van der Waals surface area contributed by atoms with Crippen molar-refractivity contribution in [2.45, 2.75) is 11.3 Å². The Morgan fingerprint density at radius 1 is 1.33 bits per heavy atom. The summed E-state index contributed by atoms with van der Waals surface area (Å²) in [4.78, 5) is 6.51. The molecule has 0 aliphatic carbocycles. The highest BCUT2D eigenvalue weighted by Gasteiger charge is 2.03. The molecular formula is C12H16N2S. The van der Waals surface area contributed by atoms with Gasteiger partial charge in [-0.1, -0.05) is 0 Å². The monoisotopic (exact) mass is 220 g/mol. The van der Waals surface area contributed by atoms with Gasteiger partial charge in [-0.3, -0.25) is 0 Å². The largest absolute Gasteiger partial charge is 0.361 e. The minimum atomic E-state index is 1.02. The highest BCUT2D eigenvalue weighted by atomic mass is 32.1. The summed E-state index contributed by atoms with van der Waals surface area (Å²) < 4.78 is 0. The smallest absolute Gasteiger partial charge is 0.0457 e. The van der Waals surface area contributed by atoms with Gasteiger partial charge in [0.2, 0.25) is 0 Å². The third-order valence-corrected chi connectivity index (χ3v) is 2.86. The fourth-order valence-electron chi connectivity index (χ4n) is 1.72. The Bertz CT molecular complexity index is 460. The summed E-state index contributed by atoms with van der Waals surface area (Å²) in [5, 5.41) is 1.30. The van der Waals surface area contributed by atoms with Gasteiger partial charge in [0.15, 0.2) is 0 Å². The number of H-pyrrole nitrogens is 1. The summed E-state index contributed by atoms with van der Waals surface area (Å²) in [5.74, 6) is 0. The molecule has 0 bridgehead atoms. The third-order valence-electron chi connectivity index (χ3n) is 2.58. The number of likely N-dealkylation sites (N-methyl/N-ethyl adjacent to an activating group) is 1. The van der Waals surface area contributed by atoms with E-state index in [9.17, 15) is 0 Å². The number of nitrogens with one attached hydrogen (secondary N) is 1. The molecule has 0 unspecified atom stereocenters. The van der Waals surface area contributed by atoms with Gasteiger partial charge in [-0.25, -0.2) is 0 Å². The molecule has 2 aromatic rings. The molecule has 0 fully saturated rings. The maximum absolute atomic E-state index is 4.37. The number of hydrogen-bond acceptors (Lipinski definition) is 2. The minimum absolute atomic E-state index is 1.02. The summed E-state index contributed by atoms with van der Waals surface area (Å²) in [6, 6.07) is 6.22. The molecule has 15 heavy (non-hydrogen) atoms.